The number of benzene rings is 1. The molecular weight excluding hydrogens is 412 g/mol. The van der Waals surface area contributed by atoms with E-state index in [1.165, 1.54) is 11.8 Å². The Hall–Kier alpha value is -2.32. The summed E-state index contributed by atoms with van der Waals surface area (Å²) in [5.74, 6) is -0.462. The first-order chi connectivity index (χ1) is 13.6. The Labute approximate surface area is 179 Å². The Morgan fingerprint density at radius 1 is 1.24 bits per heavy atom. The molecule has 0 saturated heterocycles. The molecule has 154 valence electrons. The van der Waals surface area contributed by atoms with Gasteiger partial charge in [0, 0.05) is 12.1 Å². The number of nitrogens with zero attached hydrogens (tertiary/aromatic N) is 3. The maximum absolute atomic E-state index is 12.4. The summed E-state index contributed by atoms with van der Waals surface area (Å²) in [7, 11) is 0. The Balaban J connectivity index is 1.86. The topological polar surface area (TPSA) is 98.4 Å². The molecule has 7 nitrogen and oxygen atoms in total. The van der Waals surface area contributed by atoms with Crippen LogP contribution in [0.25, 0.3) is 0 Å². The summed E-state index contributed by atoms with van der Waals surface area (Å²) < 4.78 is 5.45. The molecule has 2 heterocycles. The van der Waals surface area contributed by atoms with Crippen molar-refractivity contribution in [3.63, 3.8) is 0 Å². The fourth-order valence-electron chi connectivity index (χ4n) is 2.98. The molecule has 2 aromatic rings. The standard InChI is InChI=1S/C20H23ClN4O3S/c1-20(2,3)28-19(27)25-10-9-13-14(11-25)23-18(21)24-17(13)29-15(16(22)26)12-7-5-4-6-8-12/h4-8,15H,9-11H2,1-3H3,(H2,22,26). The molecule has 0 aliphatic carbocycles. The summed E-state index contributed by atoms with van der Waals surface area (Å²) in [6.07, 6.45) is 0.139. The normalized spacial score (nSPS) is 14.8. The lowest BCUT2D eigenvalue weighted by Gasteiger charge is -2.31. The predicted molar refractivity (Wildman–Crippen MR) is 112 cm³/mol. The van der Waals surface area contributed by atoms with E-state index >= 15 is 0 Å². The SMILES string of the molecule is CC(C)(C)OC(=O)N1CCc2c(nc(Cl)nc2SC(C(N)=O)c2ccccc2)C1. The molecule has 9 heteroatoms. The van der Waals surface area contributed by atoms with E-state index in [1.54, 1.807) is 4.90 Å². The van der Waals surface area contributed by atoms with Gasteiger partial charge in [-0.3, -0.25) is 4.79 Å². The van der Waals surface area contributed by atoms with E-state index < -0.39 is 22.9 Å². The summed E-state index contributed by atoms with van der Waals surface area (Å²) in [5.41, 5.74) is 7.39. The van der Waals surface area contributed by atoms with Crippen molar-refractivity contribution >= 4 is 35.4 Å². The fourth-order valence-corrected chi connectivity index (χ4v) is 4.35. The minimum absolute atomic E-state index is 0.0635. The number of hydrogen-bond acceptors (Lipinski definition) is 6. The highest BCUT2D eigenvalue weighted by molar-refractivity contribution is 8.00. The number of nitrogens with two attached hydrogens (primary N) is 1. The van der Waals surface area contributed by atoms with Gasteiger partial charge in [0.25, 0.3) is 0 Å². The summed E-state index contributed by atoms with van der Waals surface area (Å²) in [6.45, 7) is 6.21. The number of aromatic nitrogens is 2. The van der Waals surface area contributed by atoms with Crippen LogP contribution in [-0.2, 0) is 22.5 Å². The minimum atomic E-state index is -0.602. The number of carbonyl (C=O) groups excluding carboxylic acids is 2. The molecule has 1 unspecified atom stereocenters. The van der Waals surface area contributed by atoms with Crippen molar-refractivity contribution in [1.82, 2.24) is 14.9 Å². The average Bonchev–Trinajstić information content (AvgIpc) is 2.64. The van der Waals surface area contributed by atoms with Gasteiger partial charge in [-0.05, 0) is 44.4 Å². The maximum atomic E-state index is 12.4. The highest BCUT2D eigenvalue weighted by Crippen LogP contribution is 2.38. The molecular formula is C20H23ClN4O3S. The lowest BCUT2D eigenvalue weighted by Crippen LogP contribution is -2.40. The van der Waals surface area contributed by atoms with Gasteiger partial charge in [-0.2, -0.15) is 0 Å². The zero-order chi connectivity index (χ0) is 21.2. The molecule has 1 aromatic heterocycles. The van der Waals surface area contributed by atoms with Crippen LogP contribution in [0.3, 0.4) is 0 Å². The predicted octanol–water partition coefficient (Wildman–Crippen LogP) is 3.74. The summed E-state index contributed by atoms with van der Waals surface area (Å²) in [5, 5.41) is 0.0696. The second kappa shape index (κ2) is 8.59. The van der Waals surface area contributed by atoms with Crippen LogP contribution in [-0.4, -0.2) is 39.0 Å². The quantitative estimate of drug-likeness (QED) is 0.447. The number of primary amides is 1. The molecule has 0 saturated carbocycles. The highest BCUT2D eigenvalue weighted by atomic mass is 35.5. The van der Waals surface area contributed by atoms with Crippen LogP contribution in [0.1, 0.15) is 42.8 Å². The number of carbonyl (C=O) groups is 2. The molecule has 1 aliphatic rings. The molecule has 3 rings (SSSR count). The Morgan fingerprint density at radius 2 is 1.93 bits per heavy atom. The van der Waals surface area contributed by atoms with Gasteiger partial charge in [0.05, 0.1) is 12.2 Å². The van der Waals surface area contributed by atoms with Crippen molar-refractivity contribution < 1.29 is 14.3 Å². The number of halogens is 1. The van der Waals surface area contributed by atoms with Gasteiger partial charge in [0.2, 0.25) is 11.2 Å². The third kappa shape index (κ3) is 5.39. The van der Waals surface area contributed by atoms with Gasteiger partial charge in [-0.1, -0.05) is 42.1 Å². The van der Waals surface area contributed by atoms with Gasteiger partial charge >= 0.3 is 6.09 Å². The van der Waals surface area contributed by atoms with Crippen molar-refractivity contribution in [2.24, 2.45) is 5.73 Å². The minimum Gasteiger partial charge on any atom is -0.444 e. The molecule has 0 radical (unpaired) electrons. The van der Waals surface area contributed by atoms with Crippen LogP contribution < -0.4 is 5.73 Å². The lowest BCUT2D eigenvalue weighted by atomic mass is 10.1. The summed E-state index contributed by atoms with van der Waals surface area (Å²) in [6, 6.07) is 9.28. The Kier molecular flexibility index (Phi) is 6.33. The molecule has 2 amide bonds. The number of thioether (sulfide) groups is 1. The van der Waals surface area contributed by atoms with Gasteiger partial charge < -0.3 is 15.4 Å². The van der Waals surface area contributed by atoms with E-state index in [1.807, 2.05) is 51.1 Å². The molecule has 29 heavy (non-hydrogen) atoms. The number of ether oxygens (including phenoxy) is 1. The van der Waals surface area contributed by atoms with E-state index in [4.69, 9.17) is 22.1 Å². The van der Waals surface area contributed by atoms with Gasteiger partial charge in [0.1, 0.15) is 15.9 Å². The molecule has 0 spiro atoms. The monoisotopic (exact) mass is 434 g/mol. The first-order valence-electron chi connectivity index (χ1n) is 9.18. The second-order valence-corrected chi connectivity index (χ2v) is 9.12. The van der Waals surface area contributed by atoms with E-state index in [0.29, 0.717) is 23.7 Å². The van der Waals surface area contributed by atoms with Crippen molar-refractivity contribution in [3.05, 3.63) is 52.4 Å². The molecule has 1 aromatic carbocycles. The zero-order valence-corrected chi connectivity index (χ0v) is 18.1. The first kappa shape index (κ1) is 21.4. The van der Waals surface area contributed by atoms with Crippen molar-refractivity contribution in [2.45, 2.75) is 49.6 Å². The highest BCUT2D eigenvalue weighted by Gasteiger charge is 2.30. The van der Waals surface area contributed by atoms with Crippen molar-refractivity contribution in [3.8, 4) is 0 Å². The van der Waals surface area contributed by atoms with Crippen LogP contribution >= 0.6 is 23.4 Å². The fraction of sp³-hybridized carbons (Fsp3) is 0.400. The van der Waals surface area contributed by atoms with Gasteiger partial charge in [-0.25, -0.2) is 14.8 Å². The molecule has 1 atom stereocenters. The number of fused-ring (bicyclic) bond motifs is 1. The van der Waals surface area contributed by atoms with Crippen LogP contribution in [0.15, 0.2) is 35.4 Å². The maximum Gasteiger partial charge on any atom is 0.410 e. The first-order valence-corrected chi connectivity index (χ1v) is 10.4. The van der Waals surface area contributed by atoms with Crippen LogP contribution in [0.4, 0.5) is 4.79 Å². The van der Waals surface area contributed by atoms with Crippen molar-refractivity contribution in [2.75, 3.05) is 6.54 Å². The summed E-state index contributed by atoms with van der Waals surface area (Å²) >= 11 is 7.39. The molecule has 1 aliphatic heterocycles. The molecule has 2 N–H and O–H groups in total. The van der Waals surface area contributed by atoms with E-state index in [2.05, 4.69) is 9.97 Å². The Bertz CT molecular complexity index is 918. The molecule has 0 fully saturated rings. The third-order valence-corrected chi connectivity index (χ3v) is 5.71. The smallest absolute Gasteiger partial charge is 0.410 e. The zero-order valence-electron chi connectivity index (χ0n) is 16.5. The largest absolute Gasteiger partial charge is 0.444 e. The molecule has 0 bridgehead atoms. The lowest BCUT2D eigenvalue weighted by molar-refractivity contribution is -0.117. The number of amides is 2. The van der Waals surface area contributed by atoms with Crippen LogP contribution in [0.5, 0.6) is 0 Å². The second-order valence-electron chi connectivity index (χ2n) is 7.69. The number of hydrogen-bond donors (Lipinski definition) is 1. The van der Waals surface area contributed by atoms with E-state index in [-0.39, 0.29) is 11.8 Å². The Morgan fingerprint density at radius 3 is 2.55 bits per heavy atom. The van der Waals surface area contributed by atoms with Gasteiger partial charge in [0.15, 0.2) is 0 Å². The van der Waals surface area contributed by atoms with Gasteiger partial charge in [-0.15, -0.1) is 0 Å². The van der Waals surface area contributed by atoms with E-state index in [0.717, 1.165) is 11.1 Å². The number of rotatable bonds is 4. The van der Waals surface area contributed by atoms with Crippen LogP contribution in [0.2, 0.25) is 5.28 Å². The van der Waals surface area contributed by atoms with E-state index in [9.17, 15) is 9.59 Å². The average molecular weight is 435 g/mol. The van der Waals surface area contributed by atoms with Crippen LogP contribution in [0, 0.1) is 0 Å². The third-order valence-electron chi connectivity index (χ3n) is 4.24. The van der Waals surface area contributed by atoms with Crippen molar-refractivity contribution in [1.29, 1.82) is 0 Å². The summed E-state index contributed by atoms with van der Waals surface area (Å²) in [4.78, 5) is 34.7.